The summed E-state index contributed by atoms with van der Waals surface area (Å²) in [5.41, 5.74) is 0.341. The van der Waals surface area contributed by atoms with E-state index in [1.54, 1.807) is 18.1 Å². The van der Waals surface area contributed by atoms with Crippen LogP contribution < -0.4 is 19.1 Å². The fraction of sp³-hybridized carbons (Fsp3) is 0.381. The van der Waals surface area contributed by atoms with Gasteiger partial charge in [0.15, 0.2) is 6.10 Å². The topological polar surface area (TPSA) is 91.1 Å². The Balaban J connectivity index is 1.71. The number of anilines is 1. The van der Waals surface area contributed by atoms with Crippen molar-refractivity contribution in [3.8, 4) is 17.2 Å². The second kappa shape index (κ2) is 8.81. The Kier molecular flexibility index (Phi) is 6.21. The Morgan fingerprint density at radius 1 is 1.17 bits per heavy atom. The normalized spacial score (nSPS) is 15.7. The molecule has 1 atom stereocenters. The van der Waals surface area contributed by atoms with E-state index in [1.165, 1.54) is 12.1 Å². The number of methoxy groups -OCH3 is 1. The van der Waals surface area contributed by atoms with Crippen LogP contribution in [0.3, 0.4) is 0 Å². The Morgan fingerprint density at radius 3 is 2.48 bits per heavy atom. The number of carbonyl (C=O) groups is 1. The number of ether oxygens (including phenoxy) is 3. The fourth-order valence-corrected chi connectivity index (χ4v) is 3.13. The Bertz CT molecular complexity index is 881. The van der Waals surface area contributed by atoms with E-state index in [4.69, 9.17) is 14.2 Å². The van der Waals surface area contributed by atoms with Crippen LogP contribution in [0, 0.1) is 16.0 Å². The van der Waals surface area contributed by atoms with Crippen molar-refractivity contribution in [1.29, 1.82) is 0 Å². The second-order valence-corrected chi connectivity index (χ2v) is 7.06. The van der Waals surface area contributed by atoms with Gasteiger partial charge in [0.25, 0.3) is 11.6 Å². The minimum absolute atomic E-state index is 0.0242. The lowest BCUT2D eigenvalue weighted by molar-refractivity contribution is -0.384. The summed E-state index contributed by atoms with van der Waals surface area (Å²) in [6.45, 7) is 4.58. The predicted octanol–water partition coefficient (Wildman–Crippen LogP) is 3.82. The van der Waals surface area contributed by atoms with E-state index < -0.39 is 11.0 Å². The number of hydrogen-bond donors (Lipinski definition) is 0. The summed E-state index contributed by atoms with van der Waals surface area (Å²) in [6, 6.07) is 11.6. The van der Waals surface area contributed by atoms with E-state index in [2.05, 4.69) is 0 Å². The van der Waals surface area contributed by atoms with Gasteiger partial charge < -0.3 is 19.1 Å². The molecule has 0 saturated carbocycles. The lowest BCUT2D eigenvalue weighted by Gasteiger charge is -2.35. The van der Waals surface area contributed by atoms with E-state index in [9.17, 15) is 14.9 Å². The highest BCUT2D eigenvalue weighted by atomic mass is 16.6. The molecule has 0 aliphatic carbocycles. The van der Waals surface area contributed by atoms with Gasteiger partial charge in [-0.25, -0.2) is 0 Å². The van der Waals surface area contributed by atoms with E-state index in [0.717, 1.165) is 5.75 Å². The lowest BCUT2D eigenvalue weighted by Crippen LogP contribution is -2.48. The summed E-state index contributed by atoms with van der Waals surface area (Å²) in [6.07, 6.45) is -0.0588. The molecule has 2 aromatic rings. The van der Waals surface area contributed by atoms with Crippen molar-refractivity contribution < 1.29 is 23.9 Å². The molecule has 29 heavy (non-hydrogen) atoms. The van der Waals surface area contributed by atoms with Gasteiger partial charge in [-0.15, -0.1) is 0 Å². The second-order valence-electron chi connectivity index (χ2n) is 7.06. The molecular weight excluding hydrogens is 376 g/mol. The van der Waals surface area contributed by atoms with E-state index in [0.29, 0.717) is 36.8 Å². The number of nitro groups is 1. The molecule has 3 rings (SSSR count). The van der Waals surface area contributed by atoms with E-state index in [-0.39, 0.29) is 17.5 Å². The molecule has 1 unspecified atom stereocenters. The number of non-ortho nitro benzene ring substituents is 1. The molecule has 154 valence electrons. The third kappa shape index (κ3) is 4.59. The summed E-state index contributed by atoms with van der Waals surface area (Å²) in [4.78, 5) is 25.1. The Morgan fingerprint density at radius 2 is 1.86 bits per heavy atom. The molecule has 1 aliphatic heterocycles. The molecule has 0 aromatic heterocycles. The first-order valence-electron chi connectivity index (χ1n) is 9.44. The molecule has 0 spiro atoms. The first kappa shape index (κ1) is 20.4. The largest absolute Gasteiger partial charge is 0.497 e. The van der Waals surface area contributed by atoms with Gasteiger partial charge in [0, 0.05) is 18.7 Å². The average molecular weight is 400 g/mol. The average Bonchev–Trinajstić information content (AvgIpc) is 2.71. The fourth-order valence-electron chi connectivity index (χ4n) is 3.13. The van der Waals surface area contributed by atoms with Gasteiger partial charge in [0.1, 0.15) is 17.2 Å². The van der Waals surface area contributed by atoms with Gasteiger partial charge in [0.2, 0.25) is 0 Å². The smallest absolute Gasteiger partial charge is 0.271 e. The standard InChI is InChI=1S/C21H24N2O6/c1-14(2)20-21(24)22(18-13-15(23(25)26)5-10-19(18)29-20)11-4-12-28-17-8-6-16(27-3)7-9-17/h5-10,13-14,20H,4,11-12H2,1-3H3. The third-order valence-electron chi connectivity index (χ3n) is 4.67. The zero-order valence-electron chi connectivity index (χ0n) is 16.7. The highest BCUT2D eigenvalue weighted by Crippen LogP contribution is 2.38. The first-order chi connectivity index (χ1) is 13.9. The molecule has 2 aromatic carbocycles. The number of nitro benzene ring substituents is 1. The number of fused-ring (bicyclic) bond motifs is 1. The third-order valence-corrected chi connectivity index (χ3v) is 4.67. The minimum atomic E-state index is -0.619. The van der Waals surface area contributed by atoms with Gasteiger partial charge >= 0.3 is 0 Å². The summed E-state index contributed by atoms with van der Waals surface area (Å²) in [5, 5.41) is 11.1. The number of amides is 1. The van der Waals surface area contributed by atoms with Crippen LogP contribution in [0.25, 0.3) is 0 Å². The molecule has 0 radical (unpaired) electrons. The molecule has 0 saturated heterocycles. The molecule has 8 nitrogen and oxygen atoms in total. The van der Waals surface area contributed by atoms with Gasteiger partial charge in [0.05, 0.1) is 24.3 Å². The van der Waals surface area contributed by atoms with Crippen molar-refractivity contribution in [3.05, 3.63) is 52.6 Å². The van der Waals surface area contributed by atoms with Crippen LogP contribution in [0.2, 0.25) is 0 Å². The summed E-state index contributed by atoms with van der Waals surface area (Å²) in [7, 11) is 1.60. The van der Waals surface area contributed by atoms with Crippen LogP contribution in [0.1, 0.15) is 20.3 Å². The van der Waals surface area contributed by atoms with E-state index >= 15 is 0 Å². The highest BCUT2D eigenvalue weighted by Gasteiger charge is 2.36. The molecule has 1 aliphatic rings. The number of nitrogens with zero attached hydrogens (tertiary/aromatic N) is 2. The summed E-state index contributed by atoms with van der Waals surface area (Å²) >= 11 is 0. The maximum absolute atomic E-state index is 12.9. The van der Waals surface area contributed by atoms with Crippen molar-refractivity contribution in [2.45, 2.75) is 26.4 Å². The van der Waals surface area contributed by atoms with Crippen molar-refractivity contribution in [2.75, 3.05) is 25.2 Å². The van der Waals surface area contributed by atoms with Gasteiger partial charge in [-0.1, -0.05) is 13.8 Å². The Hall–Kier alpha value is -3.29. The summed E-state index contributed by atoms with van der Waals surface area (Å²) < 4.78 is 16.6. The lowest BCUT2D eigenvalue weighted by atomic mass is 10.0. The minimum Gasteiger partial charge on any atom is -0.497 e. The first-order valence-corrected chi connectivity index (χ1v) is 9.44. The molecule has 8 heteroatoms. The number of hydrogen-bond acceptors (Lipinski definition) is 6. The van der Waals surface area contributed by atoms with Crippen LogP contribution in [0.15, 0.2) is 42.5 Å². The van der Waals surface area contributed by atoms with Gasteiger partial charge in [-0.3, -0.25) is 14.9 Å². The zero-order chi connectivity index (χ0) is 21.0. The number of rotatable bonds is 8. The maximum Gasteiger partial charge on any atom is 0.271 e. The van der Waals surface area contributed by atoms with Crippen LogP contribution in [0.5, 0.6) is 17.2 Å². The molecule has 0 N–H and O–H groups in total. The quantitative estimate of drug-likeness (QED) is 0.380. The number of benzene rings is 2. The monoisotopic (exact) mass is 400 g/mol. The zero-order valence-corrected chi connectivity index (χ0v) is 16.7. The Labute approximate surface area is 169 Å². The molecule has 0 bridgehead atoms. The van der Waals surface area contributed by atoms with E-state index in [1.807, 2.05) is 38.1 Å². The maximum atomic E-state index is 12.9. The molecule has 1 amide bonds. The van der Waals surface area contributed by atoms with Crippen LogP contribution in [-0.2, 0) is 4.79 Å². The SMILES string of the molecule is COc1ccc(OCCCN2C(=O)C(C(C)C)Oc3ccc([N+](=O)[O-])cc32)cc1. The van der Waals surface area contributed by atoms with Crippen molar-refractivity contribution in [3.63, 3.8) is 0 Å². The van der Waals surface area contributed by atoms with Crippen LogP contribution in [0.4, 0.5) is 11.4 Å². The van der Waals surface area contributed by atoms with Gasteiger partial charge in [-0.05, 0) is 42.7 Å². The predicted molar refractivity (Wildman–Crippen MR) is 108 cm³/mol. The number of carbonyl (C=O) groups excluding carboxylic acids is 1. The van der Waals surface area contributed by atoms with Crippen LogP contribution >= 0.6 is 0 Å². The highest BCUT2D eigenvalue weighted by molar-refractivity contribution is 6.00. The van der Waals surface area contributed by atoms with Gasteiger partial charge in [-0.2, -0.15) is 0 Å². The summed E-state index contributed by atoms with van der Waals surface area (Å²) in [5.74, 6) is 1.70. The van der Waals surface area contributed by atoms with Crippen molar-refractivity contribution in [1.82, 2.24) is 0 Å². The van der Waals surface area contributed by atoms with Crippen LogP contribution in [-0.4, -0.2) is 37.2 Å². The molecular formula is C21H24N2O6. The van der Waals surface area contributed by atoms with Crippen molar-refractivity contribution >= 4 is 17.3 Å². The molecule has 1 heterocycles. The van der Waals surface area contributed by atoms with Crippen molar-refractivity contribution in [2.24, 2.45) is 5.92 Å². The molecule has 0 fully saturated rings.